The molecule has 1 aliphatic rings. The summed E-state index contributed by atoms with van der Waals surface area (Å²) in [5.74, 6) is -0.219. The lowest BCUT2D eigenvalue weighted by molar-refractivity contribution is 0.0695. The standard InChI is InChI=1S/C18H27N5O4S/c1-13(2)27-9-10-28(25,26)22-7-5-21(6-8-22)18(24)16-12-19-23-15(4)11-14(3)20-17(16)23/h11-13H,5-10H2,1-4H3. The number of carbonyl (C=O) groups excluding carboxylic acids is 1. The van der Waals surface area contributed by atoms with Crippen molar-refractivity contribution in [3.05, 3.63) is 29.2 Å². The second-order valence-electron chi connectivity index (χ2n) is 7.26. The first-order chi connectivity index (χ1) is 13.2. The van der Waals surface area contributed by atoms with Gasteiger partial charge in [-0.05, 0) is 33.8 Å². The molecule has 2 aromatic rings. The van der Waals surface area contributed by atoms with Gasteiger partial charge in [0, 0.05) is 37.6 Å². The second-order valence-corrected chi connectivity index (χ2v) is 9.35. The van der Waals surface area contributed by atoms with E-state index in [4.69, 9.17) is 4.74 Å². The molecule has 1 aliphatic heterocycles. The zero-order valence-electron chi connectivity index (χ0n) is 16.8. The molecule has 0 N–H and O–H groups in total. The Morgan fingerprint density at radius 2 is 1.89 bits per heavy atom. The highest BCUT2D eigenvalue weighted by atomic mass is 32.2. The largest absolute Gasteiger partial charge is 0.378 e. The van der Waals surface area contributed by atoms with Crippen molar-refractivity contribution in [3.63, 3.8) is 0 Å². The van der Waals surface area contributed by atoms with E-state index in [2.05, 4.69) is 10.1 Å². The van der Waals surface area contributed by atoms with E-state index in [1.807, 2.05) is 33.8 Å². The highest BCUT2D eigenvalue weighted by molar-refractivity contribution is 7.89. The van der Waals surface area contributed by atoms with Crippen molar-refractivity contribution in [2.24, 2.45) is 0 Å². The quantitative estimate of drug-likeness (QED) is 0.702. The molecular formula is C18H27N5O4S. The van der Waals surface area contributed by atoms with E-state index in [-0.39, 0.29) is 37.5 Å². The van der Waals surface area contributed by atoms with Crippen LogP contribution in [0.15, 0.2) is 12.3 Å². The fourth-order valence-corrected chi connectivity index (χ4v) is 4.56. The first-order valence-corrected chi connectivity index (χ1v) is 11.0. The van der Waals surface area contributed by atoms with Crippen LogP contribution in [0.5, 0.6) is 0 Å². The van der Waals surface area contributed by atoms with E-state index in [0.717, 1.165) is 11.4 Å². The average Bonchev–Trinajstić information content (AvgIpc) is 3.05. The van der Waals surface area contributed by atoms with E-state index in [1.165, 1.54) is 10.5 Å². The fraction of sp³-hybridized carbons (Fsp3) is 0.611. The molecule has 0 aliphatic carbocycles. The van der Waals surface area contributed by atoms with Crippen LogP contribution in [0.4, 0.5) is 0 Å². The number of fused-ring (bicyclic) bond motifs is 1. The first kappa shape index (κ1) is 20.7. The maximum Gasteiger partial charge on any atom is 0.259 e. The maximum atomic E-state index is 12.9. The van der Waals surface area contributed by atoms with Crippen molar-refractivity contribution in [1.82, 2.24) is 23.8 Å². The summed E-state index contributed by atoms with van der Waals surface area (Å²) in [7, 11) is -3.39. The predicted octanol–water partition coefficient (Wildman–Crippen LogP) is 0.859. The number of amides is 1. The summed E-state index contributed by atoms with van der Waals surface area (Å²) in [4.78, 5) is 19.1. The Morgan fingerprint density at radius 3 is 2.54 bits per heavy atom. The van der Waals surface area contributed by atoms with Crippen LogP contribution in [0.2, 0.25) is 0 Å². The van der Waals surface area contributed by atoms with Crippen molar-refractivity contribution < 1.29 is 17.9 Å². The number of carbonyl (C=O) groups is 1. The molecule has 28 heavy (non-hydrogen) atoms. The van der Waals surface area contributed by atoms with E-state index in [0.29, 0.717) is 24.3 Å². The van der Waals surface area contributed by atoms with Gasteiger partial charge in [-0.3, -0.25) is 4.79 Å². The van der Waals surface area contributed by atoms with Gasteiger partial charge in [-0.2, -0.15) is 9.40 Å². The summed E-state index contributed by atoms with van der Waals surface area (Å²) < 4.78 is 33.3. The molecule has 0 atom stereocenters. The molecule has 0 unspecified atom stereocenters. The van der Waals surface area contributed by atoms with Crippen LogP contribution in [-0.4, -0.2) is 82.8 Å². The fourth-order valence-electron chi connectivity index (χ4n) is 3.28. The zero-order chi connectivity index (χ0) is 20.5. The molecule has 3 heterocycles. The highest BCUT2D eigenvalue weighted by Gasteiger charge is 2.30. The van der Waals surface area contributed by atoms with Crippen LogP contribution in [-0.2, 0) is 14.8 Å². The van der Waals surface area contributed by atoms with Crippen LogP contribution in [0.1, 0.15) is 35.6 Å². The smallest absolute Gasteiger partial charge is 0.259 e. The maximum absolute atomic E-state index is 12.9. The third-order valence-electron chi connectivity index (χ3n) is 4.72. The Bertz CT molecular complexity index is 962. The molecular weight excluding hydrogens is 382 g/mol. The highest BCUT2D eigenvalue weighted by Crippen LogP contribution is 2.16. The Hall–Kier alpha value is -2.04. The van der Waals surface area contributed by atoms with E-state index >= 15 is 0 Å². The molecule has 0 spiro atoms. The summed E-state index contributed by atoms with van der Waals surface area (Å²) in [5, 5.41) is 4.26. The van der Waals surface area contributed by atoms with Gasteiger partial charge in [0.15, 0.2) is 5.65 Å². The van der Waals surface area contributed by atoms with Gasteiger partial charge in [-0.25, -0.2) is 17.9 Å². The van der Waals surface area contributed by atoms with Gasteiger partial charge < -0.3 is 9.64 Å². The van der Waals surface area contributed by atoms with Crippen LogP contribution in [0.25, 0.3) is 5.65 Å². The molecule has 0 saturated carbocycles. The van der Waals surface area contributed by atoms with E-state index in [9.17, 15) is 13.2 Å². The minimum Gasteiger partial charge on any atom is -0.378 e. The average molecular weight is 410 g/mol. The number of nitrogens with zero attached hydrogens (tertiary/aromatic N) is 5. The molecule has 154 valence electrons. The van der Waals surface area contributed by atoms with E-state index < -0.39 is 10.0 Å². The van der Waals surface area contributed by atoms with Gasteiger partial charge in [0.05, 0.1) is 24.7 Å². The minimum absolute atomic E-state index is 0.00333. The van der Waals surface area contributed by atoms with Gasteiger partial charge in [0.25, 0.3) is 5.91 Å². The van der Waals surface area contributed by atoms with Gasteiger partial charge in [0.1, 0.15) is 5.56 Å². The Balaban J connectivity index is 1.66. The Labute approximate surface area is 165 Å². The number of aromatic nitrogens is 3. The van der Waals surface area contributed by atoms with Crippen molar-refractivity contribution in [2.75, 3.05) is 38.5 Å². The zero-order valence-corrected chi connectivity index (χ0v) is 17.6. The van der Waals surface area contributed by atoms with Crippen molar-refractivity contribution >= 4 is 21.6 Å². The number of piperazine rings is 1. The first-order valence-electron chi connectivity index (χ1n) is 9.39. The summed E-state index contributed by atoms with van der Waals surface area (Å²) in [5.41, 5.74) is 2.69. The third-order valence-corrected chi connectivity index (χ3v) is 6.55. The Kier molecular flexibility index (Phi) is 6.01. The lowest BCUT2D eigenvalue weighted by atomic mass is 10.2. The van der Waals surface area contributed by atoms with Crippen LogP contribution in [0, 0.1) is 13.8 Å². The third kappa shape index (κ3) is 4.34. The summed E-state index contributed by atoms with van der Waals surface area (Å²) >= 11 is 0. The second kappa shape index (κ2) is 8.14. The molecule has 9 nitrogen and oxygen atoms in total. The molecule has 1 saturated heterocycles. The molecule has 0 radical (unpaired) electrons. The lowest BCUT2D eigenvalue weighted by Gasteiger charge is -2.33. The topological polar surface area (TPSA) is 97.1 Å². The van der Waals surface area contributed by atoms with Crippen LogP contribution < -0.4 is 0 Å². The number of rotatable bonds is 6. The molecule has 0 aromatic carbocycles. The van der Waals surface area contributed by atoms with Gasteiger partial charge in [-0.15, -0.1) is 0 Å². The van der Waals surface area contributed by atoms with Crippen molar-refractivity contribution in [2.45, 2.75) is 33.8 Å². The minimum atomic E-state index is -3.39. The number of hydrogen-bond donors (Lipinski definition) is 0. The molecule has 2 aromatic heterocycles. The van der Waals surface area contributed by atoms with Crippen LogP contribution >= 0.6 is 0 Å². The van der Waals surface area contributed by atoms with Crippen LogP contribution in [0.3, 0.4) is 0 Å². The number of aryl methyl sites for hydroxylation is 2. The summed E-state index contributed by atoms with van der Waals surface area (Å²) in [6.07, 6.45) is 1.53. The Morgan fingerprint density at radius 1 is 1.21 bits per heavy atom. The summed E-state index contributed by atoms with van der Waals surface area (Å²) in [6, 6.07) is 1.90. The normalized spacial score (nSPS) is 16.2. The lowest BCUT2D eigenvalue weighted by Crippen LogP contribution is -2.51. The van der Waals surface area contributed by atoms with Crippen molar-refractivity contribution in [1.29, 1.82) is 0 Å². The SMILES string of the molecule is Cc1cc(C)n2ncc(C(=O)N3CCN(S(=O)(=O)CCOC(C)C)CC3)c2n1. The number of sulfonamides is 1. The molecule has 1 amide bonds. The van der Waals surface area contributed by atoms with Gasteiger partial charge >= 0.3 is 0 Å². The van der Waals surface area contributed by atoms with Gasteiger partial charge in [-0.1, -0.05) is 0 Å². The van der Waals surface area contributed by atoms with E-state index in [1.54, 1.807) is 9.42 Å². The predicted molar refractivity (Wildman–Crippen MR) is 105 cm³/mol. The molecule has 1 fully saturated rings. The monoisotopic (exact) mass is 409 g/mol. The molecule has 0 bridgehead atoms. The molecule has 10 heteroatoms. The number of ether oxygens (including phenoxy) is 1. The van der Waals surface area contributed by atoms with Gasteiger partial charge in [0.2, 0.25) is 10.0 Å². The molecule has 3 rings (SSSR count). The van der Waals surface area contributed by atoms with Crippen molar-refractivity contribution in [3.8, 4) is 0 Å². The number of hydrogen-bond acceptors (Lipinski definition) is 6. The summed E-state index contributed by atoms with van der Waals surface area (Å²) in [6.45, 7) is 8.93.